The lowest BCUT2D eigenvalue weighted by atomic mass is 10.2. The minimum atomic E-state index is -3.72. The number of thiocarbonyl (C=S) groups is 1. The summed E-state index contributed by atoms with van der Waals surface area (Å²) in [6, 6.07) is 22.4. The number of nitrogens with one attached hydrogen (secondary N) is 2. The number of methoxy groups -OCH3 is 1. The molecule has 7 nitrogen and oxygen atoms in total. The van der Waals surface area contributed by atoms with E-state index < -0.39 is 15.9 Å². The molecule has 176 valence electrons. The predicted octanol–water partition coefficient (Wildman–Crippen LogP) is 4.44. The van der Waals surface area contributed by atoms with Crippen LogP contribution in [0.15, 0.2) is 89.8 Å². The number of hydrogen-bond donors (Lipinski definition) is 2. The zero-order valence-corrected chi connectivity index (χ0v) is 20.4. The highest BCUT2D eigenvalue weighted by Gasteiger charge is 2.23. The molecule has 34 heavy (non-hydrogen) atoms. The van der Waals surface area contributed by atoms with Gasteiger partial charge in [-0.05, 0) is 79.3 Å². The Morgan fingerprint density at radius 3 is 2.24 bits per heavy atom. The van der Waals surface area contributed by atoms with Gasteiger partial charge in [-0.25, -0.2) is 8.42 Å². The quantitative estimate of drug-likeness (QED) is 0.355. The molecule has 0 saturated carbocycles. The van der Waals surface area contributed by atoms with Crippen molar-refractivity contribution in [3.05, 3.63) is 90.5 Å². The standard InChI is InChI=1S/C25H25N3O4S2/c1-3-28(21-7-5-4-6-8-21)34(30,31)23-16-12-20(13-17-23)26-25(33)27-24(29)18-11-19-9-14-22(32-2)15-10-19/h4-18H,3H2,1-2H3,(H2,26,27,29,33)/b18-11+. The average molecular weight is 496 g/mol. The third kappa shape index (κ3) is 6.43. The van der Waals surface area contributed by atoms with Crippen molar-refractivity contribution >= 4 is 50.7 Å². The molecule has 0 aliphatic carbocycles. The first-order valence-electron chi connectivity index (χ1n) is 10.5. The van der Waals surface area contributed by atoms with E-state index in [2.05, 4.69) is 10.6 Å². The molecular weight excluding hydrogens is 470 g/mol. The van der Waals surface area contributed by atoms with Crippen LogP contribution in [0.2, 0.25) is 0 Å². The van der Waals surface area contributed by atoms with E-state index in [9.17, 15) is 13.2 Å². The Bertz CT molecular complexity index is 1260. The van der Waals surface area contributed by atoms with Crippen LogP contribution in [0.5, 0.6) is 5.75 Å². The Morgan fingerprint density at radius 2 is 1.65 bits per heavy atom. The van der Waals surface area contributed by atoms with E-state index in [-0.39, 0.29) is 10.0 Å². The third-order valence-corrected chi connectivity index (χ3v) is 6.93. The molecule has 0 bridgehead atoms. The molecule has 1 amide bonds. The summed E-state index contributed by atoms with van der Waals surface area (Å²) in [6.07, 6.45) is 3.03. The van der Waals surface area contributed by atoms with Gasteiger partial charge in [0, 0.05) is 18.3 Å². The normalized spacial score (nSPS) is 11.1. The van der Waals surface area contributed by atoms with Crippen molar-refractivity contribution in [2.24, 2.45) is 0 Å². The fraction of sp³-hybridized carbons (Fsp3) is 0.120. The van der Waals surface area contributed by atoms with Crippen LogP contribution in [0.1, 0.15) is 12.5 Å². The predicted molar refractivity (Wildman–Crippen MR) is 139 cm³/mol. The fourth-order valence-electron chi connectivity index (χ4n) is 3.13. The van der Waals surface area contributed by atoms with Crippen LogP contribution in [0.3, 0.4) is 0 Å². The SMILES string of the molecule is CCN(c1ccccc1)S(=O)(=O)c1ccc(NC(=S)NC(=O)/C=C/c2ccc(OC)cc2)cc1. The molecule has 0 fully saturated rings. The molecule has 0 unspecified atom stereocenters. The first-order chi connectivity index (χ1) is 16.3. The molecule has 9 heteroatoms. The van der Waals surface area contributed by atoms with E-state index in [4.69, 9.17) is 17.0 Å². The van der Waals surface area contributed by atoms with Crippen LogP contribution in [0.4, 0.5) is 11.4 Å². The molecule has 0 atom stereocenters. The third-order valence-electron chi connectivity index (χ3n) is 4.81. The van der Waals surface area contributed by atoms with Crippen LogP contribution in [-0.4, -0.2) is 33.1 Å². The van der Waals surface area contributed by atoms with E-state index in [1.54, 1.807) is 68.6 Å². The zero-order valence-electron chi connectivity index (χ0n) is 18.8. The van der Waals surface area contributed by atoms with Gasteiger partial charge in [-0.3, -0.25) is 14.4 Å². The van der Waals surface area contributed by atoms with E-state index in [0.717, 1.165) is 11.3 Å². The van der Waals surface area contributed by atoms with Crippen molar-refractivity contribution in [3.63, 3.8) is 0 Å². The number of para-hydroxylation sites is 1. The molecule has 0 aliphatic rings. The molecule has 0 heterocycles. The van der Waals surface area contributed by atoms with Gasteiger partial charge in [-0.15, -0.1) is 0 Å². The van der Waals surface area contributed by atoms with Gasteiger partial charge >= 0.3 is 0 Å². The molecule has 3 aromatic carbocycles. The van der Waals surface area contributed by atoms with Crippen molar-refractivity contribution in [1.29, 1.82) is 0 Å². The maximum atomic E-state index is 13.1. The number of amides is 1. The van der Waals surface area contributed by atoms with E-state index in [1.165, 1.54) is 22.5 Å². The maximum absolute atomic E-state index is 13.1. The molecule has 3 aromatic rings. The van der Waals surface area contributed by atoms with E-state index >= 15 is 0 Å². The lowest BCUT2D eigenvalue weighted by Gasteiger charge is -2.23. The first-order valence-corrected chi connectivity index (χ1v) is 12.3. The van der Waals surface area contributed by atoms with Crippen molar-refractivity contribution in [2.45, 2.75) is 11.8 Å². The monoisotopic (exact) mass is 495 g/mol. The van der Waals surface area contributed by atoms with Crippen LogP contribution >= 0.6 is 12.2 Å². The highest BCUT2D eigenvalue weighted by atomic mass is 32.2. The largest absolute Gasteiger partial charge is 0.497 e. The van der Waals surface area contributed by atoms with Crippen molar-refractivity contribution in [3.8, 4) is 5.75 Å². The Morgan fingerprint density at radius 1 is 1.00 bits per heavy atom. The molecule has 0 aliphatic heterocycles. The van der Waals surface area contributed by atoms with Gasteiger partial charge in [0.1, 0.15) is 5.75 Å². The minimum Gasteiger partial charge on any atom is -0.497 e. The van der Waals surface area contributed by atoms with Gasteiger partial charge in [0.05, 0.1) is 17.7 Å². The smallest absolute Gasteiger partial charge is 0.264 e. The number of nitrogens with zero attached hydrogens (tertiary/aromatic N) is 1. The topological polar surface area (TPSA) is 87.7 Å². The molecular formula is C25H25N3O4S2. The summed E-state index contributed by atoms with van der Waals surface area (Å²) in [7, 11) is -2.13. The molecule has 2 N–H and O–H groups in total. The van der Waals surface area contributed by atoms with Gasteiger partial charge in [0.2, 0.25) is 5.91 Å². The lowest BCUT2D eigenvalue weighted by Crippen LogP contribution is -2.33. The number of carbonyl (C=O) groups is 1. The highest BCUT2D eigenvalue weighted by Crippen LogP contribution is 2.24. The minimum absolute atomic E-state index is 0.0967. The van der Waals surface area contributed by atoms with Crippen LogP contribution < -0.4 is 19.7 Å². The van der Waals surface area contributed by atoms with Gasteiger partial charge in [0.15, 0.2) is 5.11 Å². The second-order valence-corrected chi connectivity index (χ2v) is 9.35. The molecule has 0 radical (unpaired) electrons. The van der Waals surface area contributed by atoms with Crippen molar-refractivity contribution < 1.29 is 17.9 Å². The van der Waals surface area contributed by atoms with Crippen LogP contribution in [-0.2, 0) is 14.8 Å². The number of ether oxygens (including phenoxy) is 1. The highest BCUT2D eigenvalue weighted by molar-refractivity contribution is 7.92. The zero-order chi connectivity index (χ0) is 24.6. The van der Waals surface area contributed by atoms with Gasteiger partial charge in [-0.2, -0.15) is 0 Å². The molecule has 0 aromatic heterocycles. The van der Waals surface area contributed by atoms with Crippen LogP contribution in [0, 0.1) is 0 Å². The Balaban J connectivity index is 1.60. The summed E-state index contributed by atoms with van der Waals surface area (Å²) >= 11 is 5.19. The maximum Gasteiger partial charge on any atom is 0.264 e. The second kappa shape index (κ2) is 11.4. The number of anilines is 2. The number of benzene rings is 3. The summed E-state index contributed by atoms with van der Waals surface area (Å²) in [4.78, 5) is 12.3. The first kappa shape index (κ1) is 24.9. The summed E-state index contributed by atoms with van der Waals surface area (Å²) in [6.45, 7) is 2.08. The Kier molecular flexibility index (Phi) is 8.39. The van der Waals surface area contributed by atoms with E-state index in [1.807, 2.05) is 18.2 Å². The Hall–Kier alpha value is -3.69. The van der Waals surface area contributed by atoms with Crippen molar-refractivity contribution in [2.75, 3.05) is 23.3 Å². The van der Waals surface area contributed by atoms with Crippen LogP contribution in [0.25, 0.3) is 6.08 Å². The summed E-state index contributed by atoms with van der Waals surface area (Å²) in [5.74, 6) is 0.335. The fourth-order valence-corrected chi connectivity index (χ4v) is 4.82. The number of carbonyl (C=O) groups excluding carboxylic acids is 1. The summed E-state index contributed by atoms with van der Waals surface area (Å²) < 4.78 is 32.6. The second-order valence-electron chi connectivity index (χ2n) is 7.08. The Labute approximate surface area is 205 Å². The van der Waals surface area contributed by atoms with Gasteiger partial charge in [0.25, 0.3) is 10.0 Å². The molecule has 0 spiro atoms. The van der Waals surface area contributed by atoms with Crippen molar-refractivity contribution in [1.82, 2.24) is 5.32 Å². The lowest BCUT2D eigenvalue weighted by molar-refractivity contribution is -0.115. The van der Waals surface area contributed by atoms with Gasteiger partial charge < -0.3 is 10.1 Å². The average Bonchev–Trinajstić information content (AvgIpc) is 2.84. The van der Waals surface area contributed by atoms with Gasteiger partial charge in [-0.1, -0.05) is 30.3 Å². The summed E-state index contributed by atoms with van der Waals surface area (Å²) in [5.41, 5.74) is 1.98. The summed E-state index contributed by atoms with van der Waals surface area (Å²) in [5, 5.41) is 5.54. The number of sulfonamides is 1. The number of rotatable bonds is 8. The molecule has 0 saturated heterocycles. The molecule has 3 rings (SSSR count). The van der Waals surface area contributed by atoms with E-state index in [0.29, 0.717) is 17.9 Å². The number of hydrogen-bond acceptors (Lipinski definition) is 5.